The maximum absolute atomic E-state index is 4.29. The Kier molecular flexibility index (Phi) is 4.99. The Bertz CT molecular complexity index is 335. The number of aromatic nitrogens is 1. The molecule has 2 nitrogen and oxygen atoms in total. The highest BCUT2D eigenvalue weighted by atomic mass is 32.1. The molecule has 0 aromatic carbocycles. The zero-order chi connectivity index (χ0) is 12.1. The zero-order valence-corrected chi connectivity index (χ0v) is 11.9. The molecule has 0 bridgehead atoms. The molecule has 0 aliphatic heterocycles. The second kappa shape index (κ2) is 6.50. The van der Waals surface area contributed by atoms with Crippen LogP contribution >= 0.6 is 11.3 Å². The minimum atomic E-state index is 0.909. The summed E-state index contributed by atoms with van der Waals surface area (Å²) in [5.41, 5.74) is 3.16. The lowest BCUT2D eigenvalue weighted by Gasteiger charge is -2.28. The zero-order valence-electron chi connectivity index (χ0n) is 11.0. The van der Waals surface area contributed by atoms with Gasteiger partial charge in [0.1, 0.15) is 0 Å². The van der Waals surface area contributed by atoms with Gasteiger partial charge in [0.05, 0.1) is 11.2 Å². The van der Waals surface area contributed by atoms with Gasteiger partial charge in [0.15, 0.2) is 0 Å². The highest BCUT2D eigenvalue weighted by molar-refractivity contribution is 7.09. The number of rotatable bonds is 5. The number of nitrogens with zero attached hydrogens (tertiary/aromatic N) is 1. The van der Waals surface area contributed by atoms with Crippen LogP contribution in [0.1, 0.15) is 43.2 Å². The van der Waals surface area contributed by atoms with Crippen LogP contribution in [-0.2, 0) is 6.42 Å². The van der Waals surface area contributed by atoms with Crippen LogP contribution in [-0.4, -0.2) is 18.1 Å². The summed E-state index contributed by atoms with van der Waals surface area (Å²) in [6.45, 7) is 6.83. The predicted molar refractivity (Wildman–Crippen MR) is 74.5 cm³/mol. The van der Waals surface area contributed by atoms with E-state index in [9.17, 15) is 0 Å². The third-order valence-electron chi connectivity index (χ3n) is 4.07. The van der Waals surface area contributed by atoms with Crippen LogP contribution in [0.4, 0.5) is 0 Å². The van der Waals surface area contributed by atoms with Gasteiger partial charge >= 0.3 is 0 Å². The van der Waals surface area contributed by atoms with Crippen molar-refractivity contribution < 1.29 is 0 Å². The monoisotopic (exact) mass is 252 g/mol. The number of aryl methyl sites for hydroxylation is 1. The summed E-state index contributed by atoms with van der Waals surface area (Å²) in [5, 5.41) is 3.63. The molecule has 1 aromatic rings. The molecular weight excluding hydrogens is 228 g/mol. The third kappa shape index (κ3) is 3.78. The maximum atomic E-state index is 4.29. The fourth-order valence-electron chi connectivity index (χ4n) is 2.75. The molecule has 3 heteroatoms. The molecular formula is C14H24N2S. The Labute approximate surface area is 109 Å². The first-order chi connectivity index (χ1) is 8.27. The number of thiazole rings is 1. The summed E-state index contributed by atoms with van der Waals surface area (Å²) >= 11 is 1.78. The lowest BCUT2D eigenvalue weighted by molar-refractivity contribution is 0.248. The molecule has 0 amide bonds. The SMILES string of the molecule is Cc1ncsc1CCNCC1CCCCC1C. The van der Waals surface area contributed by atoms with Gasteiger partial charge in [0.25, 0.3) is 0 Å². The van der Waals surface area contributed by atoms with E-state index in [1.54, 1.807) is 11.3 Å². The van der Waals surface area contributed by atoms with Crippen molar-refractivity contribution in [2.75, 3.05) is 13.1 Å². The van der Waals surface area contributed by atoms with Crippen molar-refractivity contribution in [2.24, 2.45) is 11.8 Å². The second-order valence-corrected chi connectivity index (χ2v) is 6.28. The summed E-state index contributed by atoms with van der Waals surface area (Å²) in [5.74, 6) is 1.83. The fourth-order valence-corrected chi connectivity index (χ4v) is 3.53. The summed E-state index contributed by atoms with van der Waals surface area (Å²) < 4.78 is 0. The average Bonchev–Trinajstić information content (AvgIpc) is 2.73. The molecule has 0 saturated heterocycles. The molecule has 96 valence electrons. The molecule has 2 rings (SSSR count). The van der Waals surface area contributed by atoms with E-state index in [0.717, 1.165) is 24.8 Å². The first kappa shape index (κ1) is 13.0. The van der Waals surface area contributed by atoms with Crippen molar-refractivity contribution in [2.45, 2.75) is 46.0 Å². The van der Waals surface area contributed by atoms with E-state index in [0.29, 0.717) is 0 Å². The van der Waals surface area contributed by atoms with Gasteiger partial charge in [-0.15, -0.1) is 11.3 Å². The van der Waals surface area contributed by atoms with Crippen LogP contribution < -0.4 is 5.32 Å². The highest BCUT2D eigenvalue weighted by Crippen LogP contribution is 2.28. The standard InChI is InChI=1S/C14H24N2S/c1-11-5-3-4-6-13(11)9-15-8-7-14-12(2)16-10-17-14/h10-11,13,15H,3-9H2,1-2H3. The van der Waals surface area contributed by atoms with Crippen molar-refractivity contribution in [3.63, 3.8) is 0 Å². The van der Waals surface area contributed by atoms with E-state index in [1.165, 1.54) is 42.8 Å². The van der Waals surface area contributed by atoms with Gasteiger partial charge in [-0.25, -0.2) is 4.98 Å². The van der Waals surface area contributed by atoms with E-state index >= 15 is 0 Å². The molecule has 1 fully saturated rings. The number of hydrogen-bond acceptors (Lipinski definition) is 3. The predicted octanol–water partition coefficient (Wildman–Crippen LogP) is 3.41. The van der Waals surface area contributed by atoms with E-state index in [-0.39, 0.29) is 0 Å². The molecule has 0 spiro atoms. The van der Waals surface area contributed by atoms with Gasteiger partial charge in [-0.05, 0) is 38.1 Å². The van der Waals surface area contributed by atoms with E-state index in [2.05, 4.69) is 24.1 Å². The van der Waals surface area contributed by atoms with E-state index in [4.69, 9.17) is 0 Å². The third-order valence-corrected chi connectivity index (χ3v) is 5.06. The van der Waals surface area contributed by atoms with Crippen LogP contribution in [0.25, 0.3) is 0 Å². The normalized spacial score (nSPS) is 25.1. The van der Waals surface area contributed by atoms with Crippen LogP contribution in [0.15, 0.2) is 5.51 Å². The Morgan fingerprint density at radius 2 is 2.24 bits per heavy atom. The van der Waals surface area contributed by atoms with Crippen molar-refractivity contribution >= 4 is 11.3 Å². The number of hydrogen-bond donors (Lipinski definition) is 1. The smallest absolute Gasteiger partial charge is 0.0797 e. The van der Waals surface area contributed by atoms with Crippen LogP contribution in [0.3, 0.4) is 0 Å². The summed E-state index contributed by atoms with van der Waals surface area (Å²) in [6, 6.07) is 0. The molecule has 1 saturated carbocycles. The average molecular weight is 252 g/mol. The molecule has 0 radical (unpaired) electrons. The van der Waals surface area contributed by atoms with Crippen LogP contribution in [0.2, 0.25) is 0 Å². The Hall–Kier alpha value is -0.410. The minimum absolute atomic E-state index is 0.909. The first-order valence-electron chi connectivity index (χ1n) is 6.87. The number of nitrogens with one attached hydrogen (secondary N) is 1. The molecule has 2 unspecified atom stereocenters. The highest BCUT2D eigenvalue weighted by Gasteiger charge is 2.20. The van der Waals surface area contributed by atoms with E-state index < -0.39 is 0 Å². The lowest BCUT2D eigenvalue weighted by Crippen LogP contribution is -2.30. The van der Waals surface area contributed by atoms with Crippen LogP contribution in [0.5, 0.6) is 0 Å². The molecule has 1 aliphatic carbocycles. The Morgan fingerprint density at radius 3 is 2.94 bits per heavy atom. The lowest BCUT2D eigenvalue weighted by atomic mass is 9.80. The summed E-state index contributed by atoms with van der Waals surface area (Å²) in [4.78, 5) is 5.73. The Balaban J connectivity index is 1.64. The molecule has 1 N–H and O–H groups in total. The van der Waals surface area contributed by atoms with Crippen molar-refractivity contribution in [3.05, 3.63) is 16.1 Å². The molecule has 17 heavy (non-hydrogen) atoms. The van der Waals surface area contributed by atoms with Crippen LogP contribution in [0, 0.1) is 18.8 Å². The molecule has 1 heterocycles. The largest absolute Gasteiger partial charge is 0.316 e. The van der Waals surface area contributed by atoms with Gasteiger partial charge in [-0.1, -0.05) is 26.2 Å². The Morgan fingerprint density at radius 1 is 1.41 bits per heavy atom. The summed E-state index contributed by atoms with van der Waals surface area (Å²) in [6.07, 6.45) is 6.87. The van der Waals surface area contributed by atoms with Gasteiger partial charge in [-0.3, -0.25) is 0 Å². The maximum Gasteiger partial charge on any atom is 0.0797 e. The minimum Gasteiger partial charge on any atom is -0.316 e. The van der Waals surface area contributed by atoms with Crippen molar-refractivity contribution in [3.8, 4) is 0 Å². The van der Waals surface area contributed by atoms with Gasteiger partial charge in [0.2, 0.25) is 0 Å². The van der Waals surface area contributed by atoms with Gasteiger partial charge in [0, 0.05) is 11.4 Å². The topological polar surface area (TPSA) is 24.9 Å². The fraction of sp³-hybridized carbons (Fsp3) is 0.786. The summed E-state index contributed by atoms with van der Waals surface area (Å²) in [7, 11) is 0. The molecule has 1 aromatic heterocycles. The van der Waals surface area contributed by atoms with Gasteiger partial charge < -0.3 is 5.32 Å². The molecule has 2 atom stereocenters. The quantitative estimate of drug-likeness (QED) is 0.812. The van der Waals surface area contributed by atoms with Gasteiger partial charge in [-0.2, -0.15) is 0 Å². The first-order valence-corrected chi connectivity index (χ1v) is 7.75. The van der Waals surface area contributed by atoms with E-state index in [1.807, 2.05) is 5.51 Å². The second-order valence-electron chi connectivity index (χ2n) is 5.34. The van der Waals surface area contributed by atoms with Crippen molar-refractivity contribution in [1.29, 1.82) is 0 Å². The molecule has 1 aliphatic rings. The van der Waals surface area contributed by atoms with Crippen molar-refractivity contribution in [1.82, 2.24) is 10.3 Å².